The van der Waals surface area contributed by atoms with Crippen LogP contribution in [0.15, 0.2) is 181 Å². The van der Waals surface area contributed by atoms with Gasteiger partial charge >= 0.3 is 0 Å². The first-order valence-corrected chi connectivity index (χ1v) is 20.0. The summed E-state index contributed by atoms with van der Waals surface area (Å²) >= 11 is 0. The molecule has 60 heavy (non-hydrogen) atoms. The lowest BCUT2D eigenvalue weighted by Crippen LogP contribution is -2.16. The van der Waals surface area contributed by atoms with Crippen molar-refractivity contribution in [2.45, 2.75) is 4.90 Å². The third-order valence-electron chi connectivity index (χ3n) is 8.61. The first-order valence-electron chi connectivity index (χ1n) is 18.5. The van der Waals surface area contributed by atoms with E-state index in [1.54, 1.807) is 12.1 Å². The highest BCUT2D eigenvalue weighted by molar-refractivity contribution is 7.86. The molecule has 0 saturated heterocycles. The third kappa shape index (κ3) is 10.0. The van der Waals surface area contributed by atoms with Gasteiger partial charge in [-0.05, 0) is 54.6 Å². The number of rotatable bonds is 15. The molecule has 296 valence electrons. The van der Waals surface area contributed by atoms with E-state index < -0.39 is 10.1 Å². The van der Waals surface area contributed by atoms with E-state index in [-0.39, 0.29) is 51.8 Å². The Morgan fingerprint density at radius 2 is 0.667 bits per heavy atom. The monoisotopic (exact) mass is 812 g/mol. The summed E-state index contributed by atoms with van der Waals surface area (Å²) in [4.78, 5) is 27.8. The molecule has 7 N–H and O–H groups in total. The van der Waals surface area contributed by atoms with Gasteiger partial charge in [-0.15, -0.1) is 0 Å². The molecule has 0 spiro atoms. The zero-order valence-electron chi connectivity index (χ0n) is 31.6. The van der Waals surface area contributed by atoms with Crippen molar-refractivity contribution in [3.8, 4) is 0 Å². The molecule has 2 aromatic heterocycles. The van der Waals surface area contributed by atoms with Crippen molar-refractivity contribution in [3.05, 3.63) is 187 Å². The van der Waals surface area contributed by atoms with Crippen molar-refractivity contribution in [1.29, 1.82) is 0 Å². The third-order valence-corrected chi connectivity index (χ3v) is 9.52. The quantitative estimate of drug-likeness (QED) is 0.0381. The normalized spacial score (nSPS) is 11.5. The van der Waals surface area contributed by atoms with Gasteiger partial charge in [0.15, 0.2) is 0 Å². The minimum absolute atomic E-state index is 0.0192. The van der Waals surface area contributed by atoms with Crippen LogP contribution in [0.5, 0.6) is 0 Å². The highest BCUT2D eigenvalue weighted by atomic mass is 32.2. The number of anilines is 10. The molecule has 0 bridgehead atoms. The Hall–Kier alpha value is -8.21. The average Bonchev–Trinajstić information content (AvgIpc) is 3.26. The van der Waals surface area contributed by atoms with Crippen LogP contribution in [0, 0.1) is 0 Å². The number of hydrogen-bond acceptors (Lipinski definition) is 14. The van der Waals surface area contributed by atoms with Crippen LogP contribution in [0.2, 0.25) is 0 Å². The van der Waals surface area contributed by atoms with Crippen molar-refractivity contribution in [2.75, 3.05) is 31.9 Å². The second-order valence-electron chi connectivity index (χ2n) is 12.9. The molecule has 0 saturated carbocycles. The number of aromatic nitrogens is 6. The van der Waals surface area contributed by atoms with E-state index in [0.717, 1.165) is 11.4 Å². The maximum Gasteiger partial charge on any atom is 0.295 e. The Kier molecular flexibility index (Phi) is 11.6. The summed E-state index contributed by atoms with van der Waals surface area (Å²) < 4.78 is 36.7. The molecule has 8 rings (SSSR count). The number of hydrogen-bond donors (Lipinski definition) is 7. The molecule has 2 heterocycles. The van der Waals surface area contributed by atoms with E-state index in [2.05, 4.69) is 41.9 Å². The van der Waals surface area contributed by atoms with Gasteiger partial charge in [-0.1, -0.05) is 121 Å². The molecule has 0 amide bonds. The summed E-state index contributed by atoms with van der Waals surface area (Å²) in [5, 5.41) is 19.6. The Morgan fingerprint density at radius 1 is 0.367 bits per heavy atom. The molecule has 0 unspecified atom stereocenters. The van der Waals surface area contributed by atoms with Crippen LogP contribution in [0.25, 0.3) is 11.4 Å². The van der Waals surface area contributed by atoms with Gasteiger partial charge in [0.05, 0.1) is 11.4 Å². The van der Waals surface area contributed by atoms with Crippen LogP contribution >= 0.6 is 0 Å². The second kappa shape index (κ2) is 17.9. The molecule has 0 fully saturated rings. The van der Waals surface area contributed by atoms with E-state index in [4.69, 9.17) is 19.9 Å². The molecular weight excluding hydrogens is 777 g/mol. The Bertz CT molecular complexity index is 2720. The summed E-state index contributed by atoms with van der Waals surface area (Å²) in [5.41, 5.74) is 4.01. The lowest BCUT2D eigenvalue weighted by atomic mass is 10.0. The number of nitrogens with zero attached hydrogens (tertiary/aromatic N) is 6. The van der Waals surface area contributed by atoms with E-state index in [9.17, 15) is 13.0 Å². The van der Waals surface area contributed by atoms with Gasteiger partial charge in [-0.2, -0.15) is 38.3 Å². The molecule has 15 nitrogen and oxygen atoms in total. The van der Waals surface area contributed by atoms with Crippen molar-refractivity contribution in [2.24, 2.45) is 0 Å². The van der Waals surface area contributed by atoms with Crippen molar-refractivity contribution in [3.63, 3.8) is 0 Å². The van der Waals surface area contributed by atoms with E-state index >= 15 is 0 Å². The fourth-order valence-electron chi connectivity index (χ4n) is 5.96. The van der Waals surface area contributed by atoms with Crippen LogP contribution in [0.4, 0.5) is 58.4 Å². The zero-order valence-corrected chi connectivity index (χ0v) is 32.4. The summed E-state index contributed by atoms with van der Waals surface area (Å²) in [5.74, 6) is 0.883. The summed E-state index contributed by atoms with van der Waals surface area (Å²) in [6, 6.07) is 52.8. The predicted octanol–water partition coefficient (Wildman–Crippen LogP) is 9.33. The zero-order chi connectivity index (χ0) is 41.2. The first kappa shape index (κ1) is 38.7. The van der Waals surface area contributed by atoms with Gasteiger partial charge in [0.2, 0.25) is 35.7 Å². The standard InChI is InChI=1S/C44H36N12O3S/c57-60(58,59)36-29-17-16-28-35(36)38(50-44-55-41(47-33-24-12-4-13-25-33)52-42(56-44)48-34-26-14-5-15-27-34)37(30-18-6-1-7-19-30)49-43-53-39(45-31-20-8-2-9-21-31)51-40(54-43)46-32-22-10-3-11-23-32/h1-29H,(H,57,58,59)(H3,45,46,49,51,53,54)(H3,47,48,50,52,55,56). The Morgan fingerprint density at radius 3 is 1.03 bits per heavy atom. The summed E-state index contributed by atoms with van der Waals surface area (Å²) in [6.07, 6.45) is 0. The smallest absolute Gasteiger partial charge is 0.295 e. The summed E-state index contributed by atoms with van der Waals surface area (Å²) in [6.45, 7) is 0. The minimum atomic E-state index is -4.78. The fourth-order valence-corrected chi connectivity index (χ4v) is 6.66. The average molecular weight is 813 g/mol. The van der Waals surface area contributed by atoms with Gasteiger partial charge in [-0.25, -0.2) is 0 Å². The van der Waals surface area contributed by atoms with Crippen LogP contribution in [-0.4, -0.2) is 42.9 Å². The maximum absolute atomic E-state index is 13.1. The minimum Gasteiger partial charge on any atom is -0.324 e. The largest absolute Gasteiger partial charge is 0.324 e. The molecule has 0 atom stereocenters. The molecule has 8 aromatic rings. The van der Waals surface area contributed by atoms with E-state index in [1.807, 2.05) is 152 Å². The second-order valence-corrected chi connectivity index (χ2v) is 14.3. The Labute approximate surface area is 345 Å². The number of benzene rings is 6. The van der Waals surface area contributed by atoms with Gasteiger partial charge < -0.3 is 31.9 Å². The first-order chi connectivity index (χ1) is 29.3. The highest BCUT2D eigenvalue weighted by Crippen LogP contribution is 2.33. The molecular formula is C44H36N12O3S. The van der Waals surface area contributed by atoms with Crippen molar-refractivity contribution < 1.29 is 13.0 Å². The topological polar surface area (TPSA) is 204 Å². The lowest BCUT2D eigenvalue weighted by molar-refractivity contribution is 0.483. The van der Waals surface area contributed by atoms with Crippen LogP contribution < -0.4 is 31.9 Å². The number of nitrogens with one attached hydrogen (secondary N) is 6. The van der Waals surface area contributed by atoms with E-state index in [0.29, 0.717) is 22.6 Å². The van der Waals surface area contributed by atoms with Gasteiger partial charge in [-0.3, -0.25) is 4.55 Å². The fraction of sp³-hybridized carbons (Fsp3) is 0. The highest BCUT2D eigenvalue weighted by Gasteiger charge is 2.24. The molecule has 16 heteroatoms. The van der Waals surface area contributed by atoms with Gasteiger partial charge in [0.25, 0.3) is 10.1 Å². The van der Waals surface area contributed by atoms with Gasteiger partial charge in [0, 0.05) is 33.9 Å². The van der Waals surface area contributed by atoms with E-state index in [1.165, 1.54) is 12.1 Å². The molecule has 0 radical (unpaired) electrons. The van der Waals surface area contributed by atoms with Gasteiger partial charge in [0.1, 0.15) is 4.90 Å². The lowest BCUT2D eigenvalue weighted by Gasteiger charge is -2.21. The maximum atomic E-state index is 13.1. The SMILES string of the molecule is O=S(=O)(O)c1ccccc1C(Nc1nc(Nc2ccccc2)nc(Nc2ccccc2)n1)=C(Nc1nc(Nc2ccccc2)nc(Nc2ccccc2)n1)c1ccccc1. The number of para-hydroxylation sites is 4. The molecule has 0 aliphatic rings. The summed E-state index contributed by atoms with van der Waals surface area (Å²) in [7, 11) is -4.78. The van der Waals surface area contributed by atoms with Crippen molar-refractivity contribution >= 4 is 80.0 Å². The predicted molar refractivity (Wildman–Crippen MR) is 235 cm³/mol. The van der Waals surface area contributed by atoms with Crippen molar-refractivity contribution in [1.82, 2.24) is 29.9 Å². The van der Waals surface area contributed by atoms with Crippen LogP contribution in [0.3, 0.4) is 0 Å². The Balaban J connectivity index is 1.31. The molecule has 6 aromatic carbocycles. The van der Waals surface area contributed by atoms with Crippen LogP contribution in [-0.2, 0) is 10.1 Å². The molecule has 0 aliphatic heterocycles. The van der Waals surface area contributed by atoms with Crippen LogP contribution in [0.1, 0.15) is 11.1 Å². The molecule has 0 aliphatic carbocycles.